The Kier molecular flexibility index (Phi) is 4.56. The van der Waals surface area contributed by atoms with Crippen molar-refractivity contribution in [3.8, 4) is 0 Å². The summed E-state index contributed by atoms with van der Waals surface area (Å²) < 4.78 is 0.676. The minimum Gasteiger partial charge on any atom is -0.395 e. The normalized spacial score (nSPS) is 12.5. The topological polar surface area (TPSA) is 63.4 Å². The number of halogens is 1. The summed E-state index contributed by atoms with van der Waals surface area (Å²) in [5, 5.41) is 19.6. The fraction of sp³-hybridized carbons (Fsp3) is 0.333. The summed E-state index contributed by atoms with van der Waals surface area (Å²) in [6.45, 7) is 1.81. The molecule has 1 aromatic carbocycles. The highest BCUT2D eigenvalue weighted by atomic mass is 79.9. The van der Waals surface area contributed by atoms with Gasteiger partial charge in [0.05, 0.1) is 16.4 Å². The van der Waals surface area contributed by atoms with Crippen LogP contribution in [-0.2, 0) is 0 Å². The van der Waals surface area contributed by atoms with Crippen LogP contribution in [-0.4, -0.2) is 21.9 Å². The molecule has 82 valence electrons. The molecule has 1 rings (SSSR count). The van der Waals surface area contributed by atoms with Crippen molar-refractivity contribution in [1.29, 1.82) is 0 Å². The van der Waals surface area contributed by atoms with Crippen LogP contribution < -0.4 is 0 Å². The van der Waals surface area contributed by atoms with Gasteiger partial charge in [-0.1, -0.05) is 22.9 Å². The number of hydrogen-bond donors (Lipinski definition) is 1. The molecule has 0 unspecified atom stereocenters. The van der Waals surface area contributed by atoms with Gasteiger partial charge in [-0.15, -0.1) is 11.8 Å². The molecule has 0 fully saturated rings. The van der Waals surface area contributed by atoms with Crippen LogP contribution >= 0.6 is 27.7 Å². The number of aliphatic hydroxyl groups is 1. The molecular weight excluding hydrogens is 282 g/mol. The third-order valence-corrected chi connectivity index (χ3v) is 3.35. The second-order valence-corrected chi connectivity index (χ2v) is 5.38. The number of benzene rings is 1. The molecule has 0 radical (unpaired) electrons. The summed E-state index contributed by atoms with van der Waals surface area (Å²) in [4.78, 5) is 10.9. The van der Waals surface area contributed by atoms with Crippen LogP contribution in [0.4, 0.5) is 5.69 Å². The molecule has 0 spiro atoms. The van der Waals surface area contributed by atoms with Gasteiger partial charge in [0.1, 0.15) is 0 Å². The number of hydrogen-bond acceptors (Lipinski definition) is 4. The van der Waals surface area contributed by atoms with Crippen molar-refractivity contribution in [2.45, 2.75) is 17.1 Å². The zero-order valence-corrected chi connectivity index (χ0v) is 10.4. The predicted molar refractivity (Wildman–Crippen MR) is 63.2 cm³/mol. The summed E-state index contributed by atoms with van der Waals surface area (Å²) >= 11 is 4.48. The molecule has 0 aliphatic heterocycles. The first-order valence-corrected chi connectivity index (χ1v) is 5.93. The van der Waals surface area contributed by atoms with Gasteiger partial charge in [0.15, 0.2) is 0 Å². The van der Waals surface area contributed by atoms with Crippen LogP contribution in [0.25, 0.3) is 0 Å². The fourth-order valence-electron chi connectivity index (χ4n) is 0.987. The Balaban J connectivity index is 3.01. The average molecular weight is 292 g/mol. The van der Waals surface area contributed by atoms with Gasteiger partial charge in [-0.05, 0) is 12.1 Å². The van der Waals surface area contributed by atoms with Crippen LogP contribution in [0.15, 0.2) is 27.6 Å². The predicted octanol–water partition coefficient (Wildman–Crippen LogP) is 2.83. The molecule has 1 aromatic rings. The van der Waals surface area contributed by atoms with E-state index < -0.39 is 4.92 Å². The third kappa shape index (κ3) is 3.48. The molecule has 0 aliphatic rings. The lowest BCUT2D eigenvalue weighted by Gasteiger charge is -2.07. The van der Waals surface area contributed by atoms with Crippen molar-refractivity contribution >= 4 is 33.4 Å². The highest BCUT2D eigenvalue weighted by molar-refractivity contribution is 9.10. The van der Waals surface area contributed by atoms with Crippen LogP contribution in [0, 0.1) is 10.1 Å². The van der Waals surface area contributed by atoms with E-state index in [1.54, 1.807) is 12.1 Å². The summed E-state index contributed by atoms with van der Waals surface area (Å²) in [5.41, 5.74) is 0.0645. The van der Waals surface area contributed by atoms with Gasteiger partial charge in [-0.3, -0.25) is 10.1 Å². The Morgan fingerprint density at radius 2 is 2.33 bits per heavy atom. The molecule has 0 aliphatic carbocycles. The Morgan fingerprint density at radius 1 is 1.67 bits per heavy atom. The van der Waals surface area contributed by atoms with Gasteiger partial charge < -0.3 is 5.11 Å². The molecule has 0 aromatic heterocycles. The van der Waals surface area contributed by atoms with E-state index in [2.05, 4.69) is 15.9 Å². The maximum Gasteiger partial charge on any atom is 0.284 e. The molecule has 0 saturated heterocycles. The van der Waals surface area contributed by atoms with E-state index in [1.807, 2.05) is 6.92 Å². The van der Waals surface area contributed by atoms with E-state index in [0.29, 0.717) is 9.37 Å². The SMILES string of the molecule is C[C@@H](CO)Sc1ccc(Br)cc1[N+](=O)[O-]. The first-order chi connectivity index (χ1) is 7.04. The fourth-order valence-corrected chi connectivity index (χ4v) is 2.24. The van der Waals surface area contributed by atoms with Gasteiger partial charge in [0, 0.05) is 15.8 Å². The van der Waals surface area contributed by atoms with Crippen molar-refractivity contribution < 1.29 is 10.0 Å². The zero-order chi connectivity index (χ0) is 11.4. The monoisotopic (exact) mass is 291 g/mol. The molecule has 0 saturated carbocycles. The second kappa shape index (κ2) is 5.48. The van der Waals surface area contributed by atoms with Crippen molar-refractivity contribution in [3.63, 3.8) is 0 Å². The molecule has 4 nitrogen and oxygen atoms in total. The average Bonchev–Trinajstić information content (AvgIpc) is 2.20. The highest BCUT2D eigenvalue weighted by Gasteiger charge is 2.16. The first kappa shape index (κ1) is 12.5. The molecular formula is C9H10BrNO3S. The van der Waals surface area contributed by atoms with Crippen LogP contribution in [0.1, 0.15) is 6.92 Å². The molecule has 6 heteroatoms. The number of rotatable bonds is 4. The lowest BCUT2D eigenvalue weighted by Crippen LogP contribution is -2.02. The Morgan fingerprint density at radius 3 is 2.87 bits per heavy atom. The number of aliphatic hydroxyl groups excluding tert-OH is 1. The van der Waals surface area contributed by atoms with Crippen molar-refractivity contribution in [3.05, 3.63) is 32.8 Å². The van der Waals surface area contributed by atoms with Gasteiger partial charge in [0.25, 0.3) is 5.69 Å². The van der Waals surface area contributed by atoms with E-state index in [1.165, 1.54) is 17.8 Å². The van der Waals surface area contributed by atoms with Crippen molar-refractivity contribution in [2.24, 2.45) is 0 Å². The van der Waals surface area contributed by atoms with Gasteiger partial charge >= 0.3 is 0 Å². The number of nitro groups is 1. The summed E-state index contributed by atoms with van der Waals surface area (Å²) in [5.74, 6) is 0. The molecule has 0 heterocycles. The van der Waals surface area contributed by atoms with Gasteiger partial charge in [0.2, 0.25) is 0 Å². The maximum absolute atomic E-state index is 10.8. The Labute approximate surface area is 100.0 Å². The third-order valence-electron chi connectivity index (χ3n) is 1.70. The Hall–Kier alpha value is -0.590. The van der Waals surface area contributed by atoms with Crippen LogP contribution in [0.3, 0.4) is 0 Å². The minimum atomic E-state index is -0.419. The smallest absolute Gasteiger partial charge is 0.284 e. The van der Waals surface area contributed by atoms with Crippen molar-refractivity contribution in [2.75, 3.05) is 6.61 Å². The van der Waals surface area contributed by atoms with Crippen molar-refractivity contribution in [1.82, 2.24) is 0 Å². The van der Waals surface area contributed by atoms with Crippen LogP contribution in [0.2, 0.25) is 0 Å². The second-order valence-electron chi connectivity index (χ2n) is 2.98. The van der Waals surface area contributed by atoms with E-state index in [-0.39, 0.29) is 17.5 Å². The van der Waals surface area contributed by atoms with Crippen LogP contribution in [0.5, 0.6) is 0 Å². The van der Waals surface area contributed by atoms with E-state index in [0.717, 1.165) is 0 Å². The number of nitrogens with zero attached hydrogens (tertiary/aromatic N) is 1. The molecule has 0 amide bonds. The molecule has 0 bridgehead atoms. The molecule has 1 atom stereocenters. The quantitative estimate of drug-likeness (QED) is 0.526. The summed E-state index contributed by atoms with van der Waals surface area (Å²) in [6.07, 6.45) is 0. The van der Waals surface area contributed by atoms with E-state index >= 15 is 0 Å². The van der Waals surface area contributed by atoms with E-state index in [9.17, 15) is 10.1 Å². The number of nitro benzene ring substituents is 1. The molecule has 15 heavy (non-hydrogen) atoms. The molecule has 1 N–H and O–H groups in total. The van der Waals surface area contributed by atoms with E-state index in [4.69, 9.17) is 5.11 Å². The van der Waals surface area contributed by atoms with Gasteiger partial charge in [-0.2, -0.15) is 0 Å². The summed E-state index contributed by atoms with van der Waals surface area (Å²) in [6, 6.07) is 4.89. The lowest BCUT2D eigenvalue weighted by molar-refractivity contribution is -0.387. The largest absolute Gasteiger partial charge is 0.395 e. The first-order valence-electron chi connectivity index (χ1n) is 4.26. The highest BCUT2D eigenvalue weighted by Crippen LogP contribution is 2.33. The Bertz CT molecular complexity index is 372. The zero-order valence-electron chi connectivity index (χ0n) is 8.01. The number of thioether (sulfide) groups is 1. The van der Waals surface area contributed by atoms with Gasteiger partial charge in [-0.25, -0.2) is 0 Å². The standard InChI is InChI=1S/C9H10BrNO3S/c1-6(5-12)15-9-3-2-7(10)4-8(9)11(13)14/h2-4,6,12H,5H2,1H3/t6-/m0/s1. The minimum absolute atomic E-state index is 0.00210. The maximum atomic E-state index is 10.8. The summed E-state index contributed by atoms with van der Waals surface area (Å²) in [7, 11) is 0. The lowest BCUT2D eigenvalue weighted by atomic mass is 10.3.